The summed E-state index contributed by atoms with van der Waals surface area (Å²) in [6, 6.07) is 6.19. The van der Waals surface area contributed by atoms with Crippen LogP contribution in [0.5, 0.6) is 11.5 Å². The van der Waals surface area contributed by atoms with Gasteiger partial charge in [0.05, 0.1) is 19.1 Å². The first kappa shape index (κ1) is 15.2. The number of hydrogen-bond donors (Lipinski definition) is 0. The van der Waals surface area contributed by atoms with Crippen LogP contribution in [0.15, 0.2) is 22.7 Å². The lowest BCUT2D eigenvalue weighted by Gasteiger charge is -2.30. The number of aryl methyl sites for hydroxylation is 1. The van der Waals surface area contributed by atoms with E-state index < -0.39 is 0 Å². The molecule has 3 aliphatic heterocycles. The van der Waals surface area contributed by atoms with E-state index in [4.69, 9.17) is 18.7 Å². The van der Waals surface area contributed by atoms with E-state index in [0.717, 1.165) is 43.6 Å². The Bertz CT molecular complexity index is 777. The van der Waals surface area contributed by atoms with E-state index in [-0.39, 0.29) is 5.92 Å². The van der Waals surface area contributed by atoms with Crippen LogP contribution in [-0.2, 0) is 11.3 Å². The number of likely N-dealkylation sites (tertiary alicyclic amines) is 1. The lowest BCUT2D eigenvalue weighted by atomic mass is 9.83. The molecule has 0 bridgehead atoms. The van der Waals surface area contributed by atoms with Crippen molar-refractivity contribution in [2.75, 3.05) is 33.1 Å². The first-order chi connectivity index (χ1) is 12.3. The summed E-state index contributed by atoms with van der Waals surface area (Å²) in [4.78, 5) is 6.92. The Balaban J connectivity index is 1.31. The Morgan fingerprint density at radius 1 is 1.16 bits per heavy atom. The molecule has 0 spiro atoms. The van der Waals surface area contributed by atoms with Gasteiger partial charge < -0.3 is 18.7 Å². The van der Waals surface area contributed by atoms with Crippen molar-refractivity contribution in [1.29, 1.82) is 0 Å². The van der Waals surface area contributed by atoms with E-state index in [2.05, 4.69) is 27.2 Å². The first-order valence-electron chi connectivity index (χ1n) is 8.75. The molecule has 5 rings (SSSR count). The number of aromatic nitrogens is 2. The van der Waals surface area contributed by atoms with Gasteiger partial charge in [-0.3, -0.25) is 4.90 Å². The molecule has 0 radical (unpaired) electrons. The molecular formula is C18H21N3O4. The molecule has 2 saturated heterocycles. The summed E-state index contributed by atoms with van der Waals surface area (Å²) in [6.07, 6.45) is 0. The van der Waals surface area contributed by atoms with Gasteiger partial charge in [0.25, 0.3) is 0 Å². The fraction of sp³-hybridized carbons (Fsp3) is 0.556. The molecule has 25 heavy (non-hydrogen) atoms. The summed E-state index contributed by atoms with van der Waals surface area (Å²) in [7, 11) is 0. The molecule has 4 heterocycles. The minimum Gasteiger partial charge on any atom is -0.454 e. The molecule has 1 aromatic heterocycles. The van der Waals surface area contributed by atoms with Gasteiger partial charge in [-0.25, -0.2) is 0 Å². The number of benzene rings is 1. The molecule has 2 fully saturated rings. The molecule has 0 amide bonds. The Kier molecular flexibility index (Phi) is 3.64. The molecular weight excluding hydrogens is 322 g/mol. The fourth-order valence-corrected chi connectivity index (χ4v) is 4.24. The second-order valence-electron chi connectivity index (χ2n) is 7.13. The molecule has 3 atom stereocenters. The molecule has 0 unspecified atom stereocenters. The van der Waals surface area contributed by atoms with Crippen LogP contribution in [0.2, 0.25) is 0 Å². The van der Waals surface area contributed by atoms with Gasteiger partial charge in [0.15, 0.2) is 17.3 Å². The maximum Gasteiger partial charge on any atom is 0.232 e. The highest BCUT2D eigenvalue weighted by atomic mass is 16.7. The second-order valence-corrected chi connectivity index (χ2v) is 7.13. The van der Waals surface area contributed by atoms with Crippen LogP contribution in [0.4, 0.5) is 0 Å². The zero-order valence-corrected chi connectivity index (χ0v) is 14.2. The van der Waals surface area contributed by atoms with Gasteiger partial charge in [0.2, 0.25) is 12.7 Å². The van der Waals surface area contributed by atoms with Gasteiger partial charge in [0.1, 0.15) is 0 Å². The third kappa shape index (κ3) is 2.77. The molecule has 0 saturated carbocycles. The summed E-state index contributed by atoms with van der Waals surface area (Å²) in [5, 5.41) is 3.95. The maximum atomic E-state index is 5.83. The van der Waals surface area contributed by atoms with Crippen LogP contribution in [0, 0.1) is 18.8 Å². The van der Waals surface area contributed by atoms with Crippen molar-refractivity contribution in [3.63, 3.8) is 0 Å². The van der Waals surface area contributed by atoms with Crippen LogP contribution in [0.25, 0.3) is 0 Å². The lowest BCUT2D eigenvalue weighted by molar-refractivity contribution is 0.00991. The number of nitrogens with zero attached hydrogens (tertiary/aromatic N) is 3. The fourth-order valence-electron chi connectivity index (χ4n) is 4.24. The quantitative estimate of drug-likeness (QED) is 0.844. The number of fused-ring (bicyclic) bond motifs is 2. The summed E-state index contributed by atoms with van der Waals surface area (Å²) in [5.41, 5.74) is 1.24. The van der Waals surface area contributed by atoms with Crippen molar-refractivity contribution < 1.29 is 18.7 Å². The normalized spacial score (nSPS) is 28.3. The van der Waals surface area contributed by atoms with E-state index in [1.54, 1.807) is 0 Å². The van der Waals surface area contributed by atoms with Crippen molar-refractivity contribution in [3.05, 3.63) is 35.5 Å². The Morgan fingerprint density at radius 3 is 2.96 bits per heavy atom. The summed E-state index contributed by atoms with van der Waals surface area (Å²) < 4.78 is 22.1. The van der Waals surface area contributed by atoms with Gasteiger partial charge in [-0.1, -0.05) is 11.2 Å². The van der Waals surface area contributed by atoms with Gasteiger partial charge in [-0.2, -0.15) is 4.98 Å². The smallest absolute Gasteiger partial charge is 0.232 e. The van der Waals surface area contributed by atoms with Crippen LogP contribution in [0.1, 0.15) is 23.2 Å². The lowest BCUT2D eigenvalue weighted by Crippen LogP contribution is -2.33. The van der Waals surface area contributed by atoms with Gasteiger partial charge in [0, 0.05) is 19.6 Å². The van der Waals surface area contributed by atoms with Gasteiger partial charge in [-0.15, -0.1) is 0 Å². The average molecular weight is 343 g/mol. The highest BCUT2D eigenvalue weighted by Gasteiger charge is 2.43. The highest BCUT2D eigenvalue weighted by Crippen LogP contribution is 2.40. The maximum absolute atomic E-state index is 5.83. The van der Waals surface area contributed by atoms with Crippen LogP contribution in [-0.4, -0.2) is 48.1 Å². The van der Waals surface area contributed by atoms with Crippen molar-refractivity contribution >= 4 is 0 Å². The molecule has 0 N–H and O–H groups in total. The van der Waals surface area contributed by atoms with Crippen molar-refractivity contribution in [3.8, 4) is 11.5 Å². The van der Waals surface area contributed by atoms with E-state index in [0.29, 0.717) is 31.1 Å². The average Bonchev–Trinajstić information content (AvgIpc) is 3.32. The summed E-state index contributed by atoms with van der Waals surface area (Å²) in [5.74, 6) is 4.30. The Morgan fingerprint density at radius 2 is 2.08 bits per heavy atom. The van der Waals surface area contributed by atoms with Crippen molar-refractivity contribution in [2.24, 2.45) is 11.8 Å². The molecule has 132 valence electrons. The van der Waals surface area contributed by atoms with Gasteiger partial charge >= 0.3 is 0 Å². The zero-order chi connectivity index (χ0) is 16.8. The van der Waals surface area contributed by atoms with E-state index in [9.17, 15) is 0 Å². The molecule has 0 aliphatic carbocycles. The Hall–Kier alpha value is -2.12. The van der Waals surface area contributed by atoms with Gasteiger partial charge in [-0.05, 0) is 36.5 Å². The van der Waals surface area contributed by atoms with Crippen LogP contribution < -0.4 is 9.47 Å². The van der Waals surface area contributed by atoms with E-state index in [1.165, 1.54) is 5.56 Å². The molecule has 1 aromatic carbocycles. The number of rotatable bonds is 3. The highest BCUT2D eigenvalue weighted by molar-refractivity contribution is 5.44. The van der Waals surface area contributed by atoms with Crippen LogP contribution in [0.3, 0.4) is 0 Å². The number of ether oxygens (including phenoxy) is 3. The molecule has 2 aromatic rings. The second kappa shape index (κ2) is 6.00. The standard InChI is InChI=1S/C18H21N3O4/c1-11-19-18(25-20-11)15-9-22-8-13-6-21(7-14(13)15)5-12-2-3-16-17(4-12)24-10-23-16/h2-4,13-15H,5-10H2,1H3/t13-,14-,15+/m0/s1. The SMILES string of the molecule is Cc1noc([C@@H]2COC[C@@H]3CN(Cc4ccc5c(c4)OCO5)C[C@@H]32)n1. The minimum atomic E-state index is 0.196. The Labute approximate surface area is 145 Å². The third-order valence-electron chi connectivity index (χ3n) is 5.42. The zero-order valence-electron chi connectivity index (χ0n) is 14.2. The topological polar surface area (TPSA) is 69.9 Å². The van der Waals surface area contributed by atoms with Crippen LogP contribution >= 0.6 is 0 Å². The first-order valence-corrected chi connectivity index (χ1v) is 8.75. The third-order valence-corrected chi connectivity index (χ3v) is 5.42. The predicted molar refractivity (Wildman–Crippen MR) is 87.4 cm³/mol. The molecule has 7 heteroatoms. The number of hydrogen-bond acceptors (Lipinski definition) is 7. The largest absolute Gasteiger partial charge is 0.454 e. The van der Waals surface area contributed by atoms with Crippen molar-refractivity contribution in [1.82, 2.24) is 15.0 Å². The van der Waals surface area contributed by atoms with E-state index >= 15 is 0 Å². The molecule has 7 nitrogen and oxygen atoms in total. The van der Waals surface area contributed by atoms with Crippen molar-refractivity contribution in [2.45, 2.75) is 19.4 Å². The summed E-state index contributed by atoms with van der Waals surface area (Å²) >= 11 is 0. The monoisotopic (exact) mass is 343 g/mol. The minimum absolute atomic E-state index is 0.196. The summed E-state index contributed by atoms with van der Waals surface area (Å²) in [6.45, 7) is 6.60. The predicted octanol–water partition coefficient (Wildman–Crippen LogP) is 1.97. The molecule has 3 aliphatic rings. The van der Waals surface area contributed by atoms with E-state index in [1.807, 2.05) is 13.0 Å².